The van der Waals surface area contributed by atoms with Crippen LogP contribution in [0.15, 0.2) is 102 Å². The van der Waals surface area contributed by atoms with Gasteiger partial charge in [-0.25, -0.2) is 4.90 Å². The lowest BCUT2D eigenvalue weighted by atomic mass is 9.49. The second-order valence-electron chi connectivity index (χ2n) is 12.6. The smallest absolute Gasteiger partial charge is 0.246 e. The molecule has 236 valence electrons. The molecule has 8 rings (SSSR count). The minimum absolute atomic E-state index is 0.0771. The summed E-state index contributed by atoms with van der Waals surface area (Å²) in [6.07, 6.45) is 2.44. The van der Waals surface area contributed by atoms with E-state index < -0.39 is 46.8 Å². The number of hydrogen-bond donors (Lipinski definition) is 1. The first-order valence-electron chi connectivity index (χ1n) is 15.5. The predicted molar refractivity (Wildman–Crippen MR) is 179 cm³/mol. The molecule has 6 atom stereocenters. The maximum Gasteiger partial charge on any atom is 0.246 e. The number of aromatic hydroxyl groups is 1. The van der Waals surface area contributed by atoms with Gasteiger partial charge < -0.3 is 5.11 Å². The molecule has 2 aliphatic carbocycles. The number of hydrogen-bond acceptors (Lipinski definition) is 6. The third-order valence-electron chi connectivity index (χ3n) is 10.5. The van der Waals surface area contributed by atoms with Crippen molar-refractivity contribution in [3.05, 3.63) is 128 Å². The van der Waals surface area contributed by atoms with Crippen LogP contribution in [0.3, 0.4) is 0 Å². The first kappa shape index (κ1) is 30.1. The Kier molecular flexibility index (Phi) is 7.17. The van der Waals surface area contributed by atoms with E-state index >= 15 is 4.79 Å². The minimum atomic E-state index is -1.49. The lowest BCUT2D eigenvalue weighted by molar-refractivity contribution is -0.141. The molecule has 7 nitrogen and oxygen atoms in total. The van der Waals surface area contributed by atoms with E-state index in [1.165, 1.54) is 27.2 Å². The number of thiophene rings is 1. The van der Waals surface area contributed by atoms with Crippen LogP contribution < -0.4 is 4.90 Å². The van der Waals surface area contributed by atoms with Crippen molar-refractivity contribution in [1.82, 2.24) is 4.90 Å². The molecule has 4 amide bonds. The maximum atomic E-state index is 15.2. The van der Waals surface area contributed by atoms with E-state index in [9.17, 15) is 19.5 Å². The molecule has 1 aromatic heterocycles. The standard InChI is InChI=1S/C37H28Cl2N2O5S/c38-21-8-4-9-23(16-21)41-34(44)29-18-27-25(12-13-26-31(27)35(45)40(33(26)43)19-24-10-5-15-47-24)32(28-17-22(39)11-14-30(28)42)37(29,36(41)46)20-6-2-1-3-7-20/h1-12,14-17,26-27,29,31-32,42H,13,18-19H2. The average Bonchev–Trinajstić information content (AvgIpc) is 3.73. The number of phenols is 1. The molecule has 47 heavy (non-hydrogen) atoms. The number of allylic oxidation sites excluding steroid dienone is 2. The second-order valence-corrected chi connectivity index (χ2v) is 14.5. The fourth-order valence-corrected chi connectivity index (χ4v) is 9.68. The summed E-state index contributed by atoms with van der Waals surface area (Å²) < 4.78 is 0. The van der Waals surface area contributed by atoms with Crippen molar-refractivity contribution in [3.63, 3.8) is 0 Å². The summed E-state index contributed by atoms with van der Waals surface area (Å²) in [5.74, 6) is -5.02. The van der Waals surface area contributed by atoms with E-state index in [-0.39, 0.29) is 30.5 Å². The summed E-state index contributed by atoms with van der Waals surface area (Å²) in [7, 11) is 0. The number of carbonyl (C=O) groups is 4. The van der Waals surface area contributed by atoms with Gasteiger partial charge in [0, 0.05) is 26.4 Å². The van der Waals surface area contributed by atoms with E-state index in [1.54, 1.807) is 36.4 Å². The van der Waals surface area contributed by atoms with Crippen LogP contribution in [0, 0.1) is 23.7 Å². The summed E-state index contributed by atoms with van der Waals surface area (Å²) in [4.78, 5) is 61.4. The summed E-state index contributed by atoms with van der Waals surface area (Å²) in [5, 5.41) is 14.1. The summed E-state index contributed by atoms with van der Waals surface area (Å²) >= 11 is 14.4. The molecule has 0 spiro atoms. The molecule has 3 fully saturated rings. The molecule has 10 heteroatoms. The molecule has 0 radical (unpaired) electrons. The molecule has 4 aliphatic rings. The predicted octanol–water partition coefficient (Wildman–Crippen LogP) is 7.12. The van der Waals surface area contributed by atoms with Gasteiger partial charge in [-0.1, -0.05) is 77.3 Å². The first-order valence-corrected chi connectivity index (χ1v) is 17.1. The molecule has 1 saturated carbocycles. The van der Waals surface area contributed by atoms with Crippen LogP contribution in [0.4, 0.5) is 5.69 Å². The number of amides is 4. The van der Waals surface area contributed by atoms with E-state index in [0.717, 1.165) is 10.5 Å². The van der Waals surface area contributed by atoms with E-state index in [1.807, 2.05) is 53.9 Å². The van der Waals surface area contributed by atoms with Crippen LogP contribution in [-0.2, 0) is 31.1 Å². The number of fused-ring (bicyclic) bond motifs is 4. The topological polar surface area (TPSA) is 95.0 Å². The zero-order valence-electron chi connectivity index (χ0n) is 24.9. The molecular weight excluding hydrogens is 655 g/mol. The number of nitrogens with zero attached hydrogens (tertiary/aromatic N) is 2. The Morgan fingerprint density at radius 3 is 2.36 bits per heavy atom. The monoisotopic (exact) mass is 682 g/mol. The second kappa shape index (κ2) is 11.2. The van der Waals surface area contributed by atoms with Crippen molar-refractivity contribution in [2.45, 2.75) is 30.7 Å². The normalized spacial score (nSPS) is 28.3. The van der Waals surface area contributed by atoms with Gasteiger partial charge in [0.25, 0.3) is 0 Å². The number of imide groups is 2. The van der Waals surface area contributed by atoms with Crippen LogP contribution in [0.25, 0.3) is 0 Å². The van der Waals surface area contributed by atoms with Crippen molar-refractivity contribution in [1.29, 1.82) is 0 Å². The van der Waals surface area contributed by atoms with Gasteiger partial charge in [-0.15, -0.1) is 11.3 Å². The van der Waals surface area contributed by atoms with Crippen LogP contribution in [0.2, 0.25) is 10.0 Å². The van der Waals surface area contributed by atoms with E-state index in [0.29, 0.717) is 33.3 Å². The Labute approximate surface area is 285 Å². The van der Waals surface area contributed by atoms with Crippen molar-refractivity contribution in [2.75, 3.05) is 4.90 Å². The van der Waals surface area contributed by atoms with Crippen molar-refractivity contribution in [3.8, 4) is 5.75 Å². The molecule has 1 N–H and O–H groups in total. The van der Waals surface area contributed by atoms with E-state index in [2.05, 4.69) is 0 Å². The number of phenolic OH excluding ortho intramolecular Hbond substituents is 1. The Balaban J connectivity index is 1.35. The molecule has 3 aromatic carbocycles. The third kappa shape index (κ3) is 4.38. The summed E-state index contributed by atoms with van der Waals surface area (Å²) in [6, 6.07) is 24.3. The molecule has 2 aliphatic heterocycles. The molecule has 6 unspecified atom stereocenters. The van der Waals surface area contributed by atoms with Gasteiger partial charge in [-0.05, 0) is 72.2 Å². The number of likely N-dealkylation sites (tertiary alicyclic amines) is 1. The Morgan fingerprint density at radius 1 is 0.830 bits per heavy atom. The van der Waals surface area contributed by atoms with Gasteiger partial charge >= 0.3 is 0 Å². The van der Waals surface area contributed by atoms with Crippen molar-refractivity contribution in [2.24, 2.45) is 23.7 Å². The molecule has 3 heterocycles. The zero-order chi connectivity index (χ0) is 32.6. The van der Waals surface area contributed by atoms with Crippen molar-refractivity contribution < 1.29 is 24.3 Å². The minimum Gasteiger partial charge on any atom is -0.508 e. The number of halogens is 2. The highest BCUT2D eigenvalue weighted by Crippen LogP contribution is 2.65. The first-order chi connectivity index (χ1) is 22.7. The molecule has 2 saturated heterocycles. The summed E-state index contributed by atoms with van der Waals surface area (Å²) in [6.45, 7) is 0.195. The highest BCUT2D eigenvalue weighted by Gasteiger charge is 2.70. The molecule has 4 aromatic rings. The maximum absolute atomic E-state index is 15.2. The largest absolute Gasteiger partial charge is 0.508 e. The molecule has 0 bridgehead atoms. The highest BCUT2D eigenvalue weighted by molar-refractivity contribution is 7.09. The number of anilines is 1. The van der Waals surface area contributed by atoms with Gasteiger partial charge in [0.1, 0.15) is 5.75 Å². The van der Waals surface area contributed by atoms with Crippen LogP contribution >= 0.6 is 34.5 Å². The van der Waals surface area contributed by atoms with Crippen molar-refractivity contribution >= 4 is 63.9 Å². The Morgan fingerprint density at radius 2 is 1.62 bits per heavy atom. The number of benzene rings is 3. The fraction of sp³-hybridized carbons (Fsp3) is 0.243. The van der Waals surface area contributed by atoms with Gasteiger partial charge in [0.2, 0.25) is 23.6 Å². The number of carbonyl (C=O) groups excluding carboxylic acids is 4. The lowest BCUT2D eigenvalue weighted by Gasteiger charge is -2.50. The van der Waals surface area contributed by atoms with Crippen LogP contribution in [-0.4, -0.2) is 33.6 Å². The third-order valence-corrected chi connectivity index (χ3v) is 11.8. The lowest BCUT2D eigenvalue weighted by Crippen LogP contribution is -2.53. The van der Waals surface area contributed by atoms with Gasteiger partial charge in [0.15, 0.2) is 0 Å². The molecular formula is C37H28Cl2N2O5S. The zero-order valence-corrected chi connectivity index (χ0v) is 27.2. The highest BCUT2D eigenvalue weighted by atomic mass is 35.5. The van der Waals surface area contributed by atoms with Gasteiger partial charge in [-0.2, -0.15) is 0 Å². The average molecular weight is 684 g/mol. The fourth-order valence-electron chi connectivity index (χ4n) is 8.62. The quantitative estimate of drug-likeness (QED) is 0.179. The Bertz CT molecular complexity index is 2000. The number of rotatable bonds is 5. The van der Waals surface area contributed by atoms with E-state index in [4.69, 9.17) is 23.2 Å². The van der Waals surface area contributed by atoms with Gasteiger partial charge in [0.05, 0.1) is 35.4 Å². The Hall–Kier alpha value is -4.24. The van der Waals surface area contributed by atoms with Crippen LogP contribution in [0.1, 0.15) is 34.8 Å². The SMILES string of the molecule is O=C1C2CC=C3C(CC4C(=O)N(c5cccc(Cl)c5)C(=O)C4(c4ccccc4)C3c3cc(Cl)ccc3O)C2C(=O)N1Cc1cccs1. The van der Waals surface area contributed by atoms with Crippen LogP contribution in [0.5, 0.6) is 5.75 Å². The summed E-state index contributed by atoms with van der Waals surface area (Å²) in [5.41, 5.74) is 0.627. The van der Waals surface area contributed by atoms with Gasteiger partial charge in [-0.3, -0.25) is 24.1 Å².